The third kappa shape index (κ3) is 2.71. The van der Waals surface area contributed by atoms with E-state index in [-0.39, 0.29) is 5.56 Å². The number of rotatable bonds is 3. The average Bonchev–Trinajstić information content (AvgIpc) is 2.33. The molecule has 1 aromatic carbocycles. The molecule has 0 aliphatic rings. The van der Waals surface area contributed by atoms with Crippen LogP contribution in [0.1, 0.15) is 0 Å². The molecule has 0 bridgehead atoms. The van der Waals surface area contributed by atoms with E-state index in [0.717, 1.165) is 16.8 Å². The molecule has 2 rings (SSSR count). The number of hydrogen-bond acceptors (Lipinski definition) is 3. The summed E-state index contributed by atoms with van der Waals surface area (Å²) in [7, 11) is 1.76. The Morgan fingerprint density at radius 1 is 1.18 bits per heavy atom. The van der Waals surface area contributed by atoms with Crippen LogP contribution in [0.5, 0.6) is 0 Å². The molecule has 0 atom stereocenters. The topological polar surface area (TPSA) is 34.0 Å². The molecule has 1 aromatic heterocycles. The molecule has 0 unspecified atom stereocenters. The Morgan fingerprint density at radius 2 is 2.00 bits per heavy atom. The number of anilines is 1. The van der Waals surface area contributed by atoms with Crippen molar-refractivity contribution in [2.45, 2.75) is 0 Å². The van der Waals surface area contributed by atoms with Gasteiger partial charge < -0.3 is 9.29 Å². The Kier molecular flexibility index (Phi) is 3.54. The van der Waals surface area contributed by atoms with E-state index in [0.29, 0.717) is 0 Å². The van der Waals surface area contributed by atoms with Gasteiger partial charge in [-0.3, -0.25) is 4.79 Å². The molecule has 0 spiro atoms. The maximum absolute atomic E-state index is 11.3. The van der Waals surface area contributed by atoms with Crippen LogP contribution in [0.15, 0.2) is 47.4 Å². The predicted octanol–water partition coefficient (Wildman–Crippen LogP) is 2.74. The maximum Gasteiger partial charge on any atom is 0.250 e. The van der Waals surface area contributed by atoms with Crippen molar-refractivity contribution in [1.29, 1.82) is 0 Å². The van der Waals surface area contributed by atoms with Gasteiger partial charge >= 0.3 is 0 Å². The van der Waals surface area contributed by atoms with Gasteiger partial charge in [-0.2, -0.15) is 0 Å². The van der Waals surface area contributed by atoms with Crippen LogP contribution in [0.2, 0.25) is 0 Å². The van der Waals surface area contributed by atoms with Crippen LogP contribution < -0.4 is 10.3 Å². The van der Waals surface area contributed by atoms with E-state index in [4.69, 9.17) is 0 Å². The number of nitrogens with one attached hydrogen (secondary N) is 1. The van der Waals surface area contributed by atoms with Gasteiger partial charge in [-0.1, -0.05) is 24.1 Å². The average molecular weight is 246 g/mol. The predicted molar refractivity (Wildman–Crippen MR) is 74.3 cm³/mol. The van der Waals surface area contributed by atoms with Gasteiger partial charge in [-0.15, -0.1) is 0 Å². The standard InChI is InChI=1S/C13H14N2OS/c1-15-9-11(6-7-13(15)16)10-4-3-5-12(8-10)14-17-2/h3-9,14H,1-2H3. The van der Waals surface area contributed by atoms with Gasteiger partial charge in [0.05, 0.1) is 0 Å². The van der Waals surface area contributed by atoms with Crippen molar-refractivity contribution in [3.8, 4) is 11.1 Å². The van der Waals surface area contributed by atoms with Crippen molar-refractivity contribution in [2.24, 2.45) is 7.05 Å². The molecule has 0 saturated carbocycles. The Bertz CT molecular complexity index is 578. The van der Waals surface area contributed by atoms with Crippen LogP contribution in [0.3, 0.4) is 0 Å². The van der Waals surface area contributed by atoms with E-state index in [1.54, 1.807) is 29.6 Å². The fourth-order valence-corrected chi connectivity index (χ4v) is 2.01. The third-order valence-corrected chi connectivity index (χ3v) is 2.94. The van der Waals surface area contributed by atoms with Gasteiger partial charge in [-0.05, 0) is 29.3 Å². The molecule has 2 aromatic rings. The van der Waals surface area contributed by atoms with Crippen molar-refractivity contribution in [3.63, 3.8) is 0 Å². The lowest BCUT2D eigenvalue weighted by atomic mass is 10.1. The first-order valence-corrected chi connectivity index (χ1v) is 6.49. The normalized spacial score (nSPS) is 10.2. The van der Waals surface area contributed by atoms with Gasteiger partial charge in [0.15, 0.2) is 0 Å². The number of hydrogen-bond donors (Lipinski definition) is 1. The Hall–Kier alpha value is -1.68. The maximum atomic E-state index is 11.3. The second-order valence-electron chi connectivity index (χ2n) is 3.75. The van der Waals surface area contributed by atoms with Crippen LogP contribution in [-0.4, -0.2) is 10.8 Å². The Morgan fingerprint density at radius 3 is 2.71 bits per heavy atom. The fourth-order valence-electron chi connectivity index (χ4n) is 1.64. The van der Waals surface area contributed by atoms with E-state index in [2.05, 4.69) is 10.8 Å². The minimum atomic E-state index is 0.00661. The monoisotopic (exact) mass is 246 g/mol. The molecule has 0 amide bonds. The number of aryl methyl sites for hydroxylation is 1. The molecule has 0 radical (unpaired) electrons. The minimum absolute atomic E-state index is 0.00661. The molecule has 1 N–H and O–H groups in total. The molecule has 0 fully saturated rings. The second-order valence-corrected chi connectivity index (χ2v) is 4.37. The summed E-state index contributed by atoms with van der Waals surface area (Å²) in [4.78, 5) is 11.3. The lowest BCUT2D eigenvalue weighted by molar-refractivity contribution is 0.862. The molecule has 0 aliphatic heterocycles. The van der Waals surface area contributed by atoms with Crippen molar-refractivity contribution in [2.75, 3.05) is 11.0 Å². The van der Waals surface area contributed by atoms with Crippen molar-refractivity contribution in [1.82, 2.24) is 4.57 Å². The number of benzene rings is 1. The zero-order valence-corrected chi connectivity index (χ0v) is 10.6. The molecule has 17 heavy (non-hydrogen) atoms. The first kappa shape index (κ1) is 11.8. The molecular formula is C13H14N2OS. The molecular weight excluding hydrogens is 232 g/mol. The van der Waals surface area contributed by atoms with E-state index < -0.39 is 0 Å². The van der Waals surface area contributed by atoms with E-state index in [1.807, 2.05) is 36.7 Å². The SMILES string of the molecule is CSNc1cccc(-c2ccc(=O)n(C)c2)c1. The van der Waals surface area contributed by atoms with Crippen LogP contribution >= 0.6 is 11.9 Å². The first-order valence-electron chi connectivity index (χ1n) is 5.27. The largest absolute Gasteiger partial charge is 0.330 e. The van der Waals surface area contributed by atoms with Gasteiger partial charge in [0, 0.05) is 31.3 Å². The van der Waals surface area contributed by atoms with Crippen molar-refractivity contribution >= 4 is 17.6 Å². The summed E-state index contributed by atoms with van der Waals surface area (Å²) < 4.78 is 4.78. The minimum Gasteiger partial charge on any atom is -0.330 e. The molecule has 0 aliphatic carbocycles. The van der Waals surface area contributed by atoms with E-state index >= 15 is 0 Å². The van der Waals surface area contributed by atoms with Gasteiger partial charge in [-0.25, -0.2) is 0 Å². The fraction of sp³-hybridized carbons (Fsp3) is 0.154. The number of pyridine rings is 1. The van der Waals surface area contributed by atoms with Crippen LogP contribution in [-0.2, 0) is 7.05 Å². The molecule has 1 heterocycles. The first-order chi connectivity index (χ1) is 8.20. The lowest BCUT2D eigenvalue weighted by Crippen LogP contribution is -2.13. The summed E-state index contributed by atoms with van der Waals surface area (Å²) >= 11 is 1.56. The quantitative estimate of drug-likeness (QED) is 0.846. The summed E-state index contributed by atoms with van der Waals surface area (Å²) in [6.45, 7) is 0. The number of aromatic nitrogens is 1. The van der Waals surface area contributed by atoms with E-state index in [9.17, 15) is 4.79 Å². The highest BCUT2D eigenvalue weighted by atomic mass is 32.2. The lowest BCUT2D eigenvalue weighted by Gasteiger charge is -2.07. The van der Waals surface area contributed by atoms with Crippen LogP contribution in [0.25, 0.3) is 11.1 Å². The third-order valence-electron chi connectivity index (χ3n) is 2.50. The zero-order chi connectivity index (χ0) is 12.3. The second kappa shape index (κ2) is 5.10. The zero-order valence-electron chi connectivity index (χ0n) is 9.81. The van der Waals surface area contributed by atoms with Gasteiger partial charge in [0.25, 0.3) is 0 Å². The molecule has 0 saturated heterocycles. The van der Waals surface area contributed by atoms with Crippen molar-refractivity contribution in [3.05, 3.63) is 52.9 Å². The molecule has 88 valence electrons. The van der Waals surface area contributed by atoms with Crippen LogP contribution in [0, 0.1) is 0 Å². The summed E-state index contributed by atoms with van der Waals surface area (Å²) in [5, 5.41) is 0. The summed E-state index contributed by atoms with van der Waals surface area (Å²) in [5.41, 5.74) is 3.20. The summed E-state index contributed by atoms with van der Waals surface area (Å²) in [6.07, 6.45) is 3.83. The highest BCUT2D eigenvalue weighted by Crippen LogP contribution is 2.22. The van der Waals surface area contributed by atoms with E-state index in [1.165, 1.54) is 0 Å². The van der Waals surface area contributed by atoms with Crippen LogP contribution in [0.4, 0.5) is 5.69 Å². The highest BCUT2D eigenvalue weighted by Gasteiger charge is 2.00. The molecule has 4 heteroatoms. The van der Waals surface area contributed by atoms with Gasteiger partial charge in [0.1, 0.15) is 0 Å². The smallest absolute Gasteiger partial charge is 0.250 e. The molecule has 3 nitrogen and oxygen atoms in total. The van der Waals surface area contributed by atoms with Crippen molar-refractivity contribution < 1.29 is 0 Å². The number of nitrogens with zero attached hydrogens (tertiary/aromatic N) is 1. The highest BCUT2D eigenvalue weighted by molar-refractivity contribution is 7.99. The summed E-state index contributed by atoms with van der Waals surface area (Å²) in [6, 6.07) is 11.5. The van der Waals surface area contributed by atoms with Gasteiger partial charge in [0.2, 0.25) is 5.56 Å². The Balaban J connectivity index is 2.41. The summed E-state index contributed by atoms with van der Waals surface area (Å²) in [5.74, 6) is 0. The Labute approximate surface area is 105 Å².